The van der Waals surface area contributed by atoms with E-state index in [9.17, 15) is 4.79 Å². The number of aliphatic imine (C=N–C) groups is 1. The van der Waals surface area contributed by atoms with Crippen LogP contribution in [0, 0.1) is 0 Å². The molecule has 32 heavy (non-hydrogen) atoms. The van der Waals surface area contributed by atoms with Crippen molar-refractivity contribution in [3.05, 3.63) is 0 Å². The second-order valence-corrected chi connectivity index (χ2v) is 9.52. The number of hydrogen-bond acceptors (Lipinski definition) is 5. The fraction of sp³-hybridized carbons (Fsp3) is 0.913. The summed E-state index contributed by atoms with van der Waals surface area (Å²) in [6, 6.07) is 0.0621. The van der Waals surface area contributed by atoms with E-state index in [2.05, 4.69) is 25.4 Å². The number of rotatable bonds is 8. The topological polar surface area (TPSA) is 72.4 Å². The molecule has 2 aliphatic heterocycles. The highest BCUT2D eigenvalue weighted by Gasteiger charge is 2.38. The van der Waals surface area contributed by atoms with Crippen LogP contribution in [0.5, 0.6) is 0 Å². The first-order chi connectivity index (χ1) is 15.1. The first kappa shape index (κ1) is 27.6. The largest absolute Gasteiger partial charge is 0.379 e. The summed E-state index contributed by atoms with van der Waals surface area (Å²) in [7, 11) is 5.56. The summed E-state index contributed by atoms with van der Waals surface area (Å²) in [6.07, 6.45) is 9.60. The molecule has 186 valence electrons. The molecule has 0 aromatic carbocycles. The Labute approximate surface area is 211 Å². The molecule has 2 N–H and O–H groups in total. The monoisotopic (exact) mass is 564 g/mol. The Bertz CT molecular complexity index is 591. The third-order valence-corrected chi connectivity index (χ3v) is 7.28. The highest BCUT2D eigenvalue weighted by atomic mass is 127. The van der Waals surface area contributed by atoms with Gasteiger partial charge in [0, 0.05) is 59.4 Å². The van der Waals surface area contributed by atoms with Crippen molar-refractivity contribution in [3.63, 3.8) is 0 Å². The summed E-state index contributed by atoms with van der Waals surface area (Å²) in [5, 5.41) is 7.12. The van der Waals surface area contributed by atoms with E-state index in [4.69, 9.17) is 4.74 Å². The number of carbonyl (C=O) groups excluding carboxylic acids is 1. The van der Waals surface area contributed by atoms with E-state index in [1.165, 1.54) is 32.1 Å². The molecule has 1 unspecified atom stereocenters. The SMILES string of the molecule is CN=C(NCCCN1CCCC1C(=O)N(C)C)NCC1(N2CCOCC2)CCCCC1.I. The lowest BCUT2D eigenvalue weighted by atomic mass is 9.80. The van der Waals surface area contributed by atoms with Gasteiger partial charge >= 0.3 is 0 Å². The molecule has 9 heteroatoms. The number of halogens is 1. The van der Waals surface area contributed by atoms with Crippen molar-refractivity contribution in [3.8, 4) is 0 Å². The fourth-order valence-electron chi connectivity index (χ4n) is 5.48. The van der Waals surface area contributed by atoms with Crippen LogP contribution < -0.4 is 10.6 Å². The van der Waals surface area contributed by atoms with Gasteiger partial charge < -0.3 is 20.3 Å². The van der Waals surface area contributed by atoms with Crippen LogP contribution in [0.15, 0.2) is 4.99 Å². The minimum atomic E-state index is 0. The molecular weight excluding hydrogens is 519 g/mol. The van der Waals surface area contributed by atoms with E-state index in [1.807, 2.05) is 21.1 Å². The Kier molecular flexibility index (Phi) is 12.0. The lowest BCUT2D eigenvalue weighted by molar-refractivity contribution is -0.133. The predicted octanol–water partition coefficient (Wildman–Crippen LogP) is 1.75. The van der Waals surface area contributed by atoms with Gasteiger partial charge in [-0.2, -0.15) is 0 Å². The van der Waals surface area contributed by atoms with Crippen LogP contribution in [-0.2, 0) is 9.53 Å². The summed E-state index contributed by atoms with van der Waals surface area (Å²) in [4.78, 5) is 23.6. The van der Waals surface area contributed by atoms with Crippen LogP contribution >= 0.6 is 24.0 Å². The van der Waals surface area contributed by atoms with Gasteiger partial charge in [-0.15, -0.1) is 24.0 Å². The number of guanidine groups is 1. The van der Waals surface area contributed by atoms with E-state index in [-0.39, 0.29) is 41.5 Å². The quantitative estimate of drug-likeness (QED) is 0.203. The van der Waals surface area contributed by atoms with Crippen molar-refractivity contribution in [2.45, 2.75) is 62.9 Å². The molecule has 1 atom stereocenters. The van der Waals surface area contributed by atoms with Gasteiger partial charge in [0.1, 0.15) is 0 Å². The molecule has 1 amide bonds. The Balaban J connectivity index is 0.00000363. The maximum absolute atomic E-state index is 12.4. The standard InChI is InChI=1S/C23H44N6O2.HI/c1-24-22(25-12-8-14-28-13-7-9-20(28)21(30)27(2)3)26-19-23(10-5-4-6-11-23)29-15-17-31-18-16-29;/h20H,4-19H2,1-3H3,(H2,24,25,26);1H. The van der Waals surface area contributed by atoms with Gasteiger partial charge in [-0.1, -0.05) is 19.3 Å². The van der Waals surface area contributed by atoms with Gasteiger partial charge in [0.2, 0.25) is 5.91 Å². The van der Waals surface area contributed by atoms with Crippen molar-refractivity contribution in [2.75, 3.05) is 73.6 Å². The maximum atomic E-state index is 12.4. The number of ether oxygens (including phenoxy) is 1. The molecule has 0 radical (unpaired) electrons. The number of nitrogens with one attached hydrogen (secondary N) is 2. The zero-order valence-electron chi connectivity index (χ0n) is 20.4. The van der Waals surface area contributed by atoms with Gasteiger partial charge in [0.05, 0.1) is 19.3 Å². The number of nitrogens with zero attached hydrogens (tertiary/aromatic N) is 4. The van der Waals surface area contributed by atoms with E-state index in [0.717, 1.165) is 77.7 Å². The molecule has 3 rings (SSSR count). The van der Waals surface area contributed by atoms with Crippen molar-refractivity contribution in [2.24, 2.45) is 4.99 Å². The van der Waals surface area contributed by atoms with Gasteiger partial charge in [-0.05, 0) is 38.6 Å². The van der Waals surface area contributed by atoms with Crippen LogP contribution in [-0.4, -0.2) is 112 Å². The van der Waals surface area contributed by atoms with E-state index in [1.54, 1.807) is 4.90 Å². The van der Waals surface area contributed by atoms with Gasteiger partial charge in [0.15, 0.2) is 5.96 Å². The average molecular weight is 565 g/mol. The molecule has 1 saturated carbocycles. The second kappa shape index (κ2) is 13.9. The Morgan fingerprint density at radius 3 is 2.47 bits per heavy atom. The molecule has 8 nitrogen and oxygen atoms in total. The number of likely N-dealkylation sites (tertiary alicyclic amines) is 1. The van der Waals surface area contributed by atoms with Crippen LogP contribution in [0.25, 0.3) is 0 Å². The zero-order chi connectivity index (χ0) is 22.1. The van der Waals surface area contributed by atoms with Gasteiger partial charge in [-0.25, -0.2) is 0 Å². The second-order valence-electron chi connectivity index (χ2n) is 9.52. The third-order valence-electron chi connectivity index (χ3n) is 7.28. The average Bonchev–Trinajstić information content (AvgIpc) is 3.27. The summed E-state index contributed by atoms with van der Waals surface area (Å²) in [5.74, 6) is 1.13. The highest BCUT2D eigenvalue weighted by molar-refractivity contribution is 14.0. The first-order valence-electron chi connectivity index (χ1n) is 12.3. The van der Waals surface area contributed by atoms with Crippen LogP contribution in [0.2, 0.25) is 0 Å². The number of hydrogen-bond donors (Lipinski definition) is 2. The molecule has 2 saturated heterocycles. The molecular formula is C23H45IN6O2. The molecule has 0 bridgehead atoms. The van der Waals surface area contributed by atoms with E-state index >= 15 is 0 Å². The fourth-order valence-corrected chi connectivity index (χ4v) is 5.48. The minimum absolute atomic E-state index is 0. The summed E-state index contributed by atoms with van der Waals surface area (Å²) >= 11 is 0. The molecule has 3 fully saturated rings. The molecule has 2 heterocycles. The molecule has 0 aromatic heterocycles. The molecule has 1 aliphatic carbocycles. The molecule has 3 aliphatic rings. The third kappa shape index (κ3) is 7.43. The minimum Gasteiger partial charge on any atom is -0.379 e. The first-order valence-corrected chi connectivity index (χ1v) is 12.3. The lowest BCUT2D eigenvalue weighted by Gasteiger charge is -2.48. The number of carbonyl (C=O) groups is 1. The smallest absolute Gasteiger partial charge is 0.239 e. The Morgan fingerprint density at radius 1 is 1.09 bits per heavy atom. The van der Waals surface area contributed by atoms with Crippen molar-refractivity contribution >= 4 is 35.8 Å². The maximum Gasteiger partial charge on any atom is 0.239 e. The highest BCUT2D eigenvalue weighted by Crippen LogP contribution is 2.33. The Hall–Kier alpha value is -0.650. The summed E-state index contributed by atoms with van der Waals surface area (Å²) < 4.78 is 5.60. The number of likely N-dealkylation sites (N-methyl/N-ethyl adjacent to an activating group) is 1. The normalized spacial score (nSPS) is 24.6. The van der Waals surface area contributed by atoms with Crippen molar-refractivity contribution < 1.29 is 9.53 Å². The lowest BCUT2D eigenvalue weighted by Crippen LogP contribution is -2.60. The van der Waals surface area contributed by atoms with Crippen LogP contribution in [0.1, 0.15) is 51.4 Å². The predicted molar refractivity (Wildman–Crippen MR) is 141 cm³/mol. The van der Waals surface area contributed by atoms with E-state index in [0.29, 0.717) is 0 Å². The molecule has 0 spiro atoms. The Morgan fingerprint density at radius 2 is 1.81 bits per heavy atom. The van der Waals surface area contributed by atoms with Gasteiger partial charge in [-0.3, -0.25) is 19.6 Å². The van der Waals surface area contributed by atoms with Crippen LogP contribution in [0.3, 0.4) is 0 Å². The van der Waals surface area contributed by atoms with E-state index < -0.39 is 0 Å². The number of amides is 1. The zero-order valence-corrected chi connectivity index (χ0v) is 22.7. The van der Waals surface area contributed by atoms with Crippen molar-refractivity contribution in [1.29, 1.82) is 0 Å². The van der Waals surface area contributed by atoms with Crippen molar-refractivity contribution in [1.82, 2.24) is 25.3 Å². The number of morpholine rings is 1. The van der Waals surface area contributed by atoms with Crippen LogP contribution in [0.4, 0.5) is 0 Å². The summed E-state index contributed by atoms with van der Waals surface area (Å²) in [6.45, 7) is 7.56. The molecule has 0 aromatic rings. The summed E-state index contributed by atoms with van der Waals surface area (Å²) in [5.41, 5.74) is 0.231. The van der Waals surface area contributed by atoms with Gasteiger partial charge in [0.25, 0.3) is 0 Å².